The molecule has 2 aromatic rings. The Labute approximate surface area is 171 Å². The van der Waals surface area contributed by atoms with Gasteiger partial charge in [0, 0.05) is 18.3 Å². The number of nitrogens with one attached hydrogen (secondary N) is 3. The van der Waals surface area contributed by atoms with Crippen LogP contribution in [-0.4, -0.2) is 30.4 Å². The van der Waals surface area contributed by atoms with E-state index in [1.54, 1.807) is 0 Å². The zero-order valence-corrected chi connectivity index (χ0v) is 17.3. The summed E-state index contributed by atoms with van der Waals surface area (Å²) in [7, 11) is 0. The average molecular weight is 393 g/mol. The minimum Gasteiger partial charge on any atom is -0.325 e. The second-order valence-electron chi connectivity index (χ2n) is 8.22. The van der Waals surface area contributed by atoms with Gasteiger partial charge in [-0.15, -0.1) is 0 Å². The molecule has 1 amide bonds. The number of aryl methyl sites for hydroxylation is 3. The molecule has 4 atom stereocenters. The molecule has 2 heterocycles. The first-order valence-electron chi connectivity index (χ1n) is 10.1. The minimum absolute atomic E-state index is 0.00732. The number of hydrogen-bond donors (Lipinski definition) is 3. The van der Waals surface area contributed by atoms with E-state index in [1.807, 2.05) is 75.2 Å². The highest BCUT2D eigenvalue weighted by atomic mass is 16.2. The maximum Gasteiger partial charge on any atom is 0.236 e. The van der Waals surface area contributed by atoms with Crippen LogP contribution in [-0.2, 0) is 9.59 Å². The lowest BCUT2D eigenvalue weighted by Crippen LogP contribution is -2.58. The summed E-state index contributed by atoms with van der Waals surface area (Å²) in [4.78, 5) is 26.3. The number of Topliss-reactive ketones (excluding diaryl/α,β-unsaturated/α-hetero) is 1. The van der Waals surface area contributed by atoms with Crippen molar-refractivity contribution in [3.05, 3.63) is 59.2 Å². The zero-order valence-electron chi connectivity index (χ0n) is 17.3. The van der Waals surface area contributed by atoms with Gasteiger partial charge >= 0.3 is 0 Å². The van der Waals surface area contributed by atoms with Gasteiger partial charge in [0.2, 0.25) is 5.91 Å². The van der Waals surface area contributed by atoms with Gasteiger partial charge in [-0.2, -0.15) is 0 Å². The maximum absolute atomic E-state index is 13.3. The van der Waals surface area contributed by atoms with E-state index in [-0.39, 0.29) is 29.8 Å². The van der Waals surface area contributed by atoms with Crippen molar-refractivity contribution in [2.24, 2.45) is 11.8 Å². The van der Waals surface area contributed by atoms with Crippen molar-refractivity contribution in [2.75, 3.05) is 16.9 Å². The SMILES string of the molecule is Cc1cc(C)c(NC(=O)C2CNC3C(C2=O)C(C)NN3c2ccccc2)c(C)c1. The van der Waals surface area contributed by atoms with Crippen LogP contribution in [0.4, 0.5) is 11.4 Å². The van der Waals surface area contributed by atoms with Crippen LogP contribution in [0.15, 0.2) is 42.5 Å². The van der Waals surface area contributed by atoms with Gasteiger partial charge < -0.3 is 5.32 Å². The van der Waals surface area contributed by atoms with Crippen LogP contribution in [0, 0.1) is 32.6 Å². The van der Waals surface area contributed by atoms with Crippen LogP contribution in [0.25, 0.3) is 0 Å². The van der Waals surface area contributed by atoms with E-state index >= 15 is 0 Å². The van der Waals surface area contributed by atoms with Crippen molar-refractivity contribution in [1.82, 2.24) is 10.7 Å². The number of anilines is 2. The summed E-state index contributed by atoms with van der Waals surface area (Å²) in [5, 5.41) is 8.45. The molecular formula is C23H28N4O2. The Hall–Kier alpha value is -2.70. The number of rotatable bonds is 3. The Morgan fingerprint density at radius 3 is 2.41 bits per heavy atom. The molecule has 152 valence electrons. The Morgan fingerprint density at radius 1 is 1.10 bits per heavy atom. The normalized spacial score (nSPS) is 26.3. The molecule has 0 spiro atoms. The van der Waals surface area contributed by atoms with Crippen molar-refractivity contribution in [3.8, 4) is 0 Å². The molecule has 0 radical (unpaired) electrons. The molecule has 6 heteroatoms. The third-order valence-corrected chi connectivity index (χ3v) is 5.98. The standard InChI is InChI=1S/C23H28N4O2/c1-13-10-14(2)20(15(3)11-13)25-23(29)18-12-24-22-19(21(18)28)16(4)26-27(22)17-8-6-5-7-9-17/h5-11,16,18-19,22,24,26H,12H2,1-4H3,(H,25,29). The molecule has 0 aromatic heterocycles. The number of carbonyl (C=O) groups excluding carboxylic acids is 2. The lowest BCUT2D eigenvalue weighted by molar-refractivity contribution is -0.136. The number of benzene rings is 2. The molecule has 4 unspecified atom stereocenters. The number of piperidine rings is 1. The Kier molecular flexibility index (Phi) is 5.15. The van der Waals surface area contributed by atoms with Crippen molar-refractivity contribution >= 4 is 23.1 Å². The molecule has 2 aliphatic heterocycles. The predicted octanol–water partition coefficient (Wildman–Crippen LogP) is 2.69. The summed E-state index contributed by atoms with van der Waals surface area (Å²) >= 11 is 0. The van der Waals surface area contributed by atoms with Crippen LogP contribution in [0.5, 0.6) is 0 Å². The largest absolute Gasteiger partial charge is 0.325 e. The van der Waals surface area contributed by atoms with Crippen molar-refractivity contribution in [3.63, 3.8) is 0 Å². The Bertz CT molecular complexity index is 920. The molecular weight excluding hydrogens is 364 g/mol. The van der Waals surface area contributed by atoms with Gasteiger partial charge in [-0.3, -0.25) is 19.9 Å². The lowest BCUT2D eigenvalue weighted by Gasteiger charge is -2.35. The smallest absolute Gasteiger partial charge is 0.236 e. The third-order valence-electron chi connectivity index (χ3n) is 5.98. The van der Waals surface area contributed by atoms with Gasteiger partial charge in [-0.1, -0.05) is 35.9 Å². The van der Waals surface area contributed by atoms with Crippen molar-refractivity contribution < 1.29 is 9.59 Å². The van der Waals surface area contributed by atoms with E-state index in [0.717, 1.165) is 28.1 Å². The highest BCUT2D eigenvalue weighted by Gasteiger charge is 2.50. The van der Waals surface area contributed by atoms with Gasteiger partial charge in [-0.25, -0.2) is 5.43 Å². The van der Waals surface area contributed by atoms with Crippen LogP contribution in [0.3, 0.4) is 0 Å². The number of hydrogen-bond acceptors (Lipinski definition) is 5. The van der Waals surface area contributed by atoms with Gasteiger partial charge in [0.25, 0.3) is 0 Å². The Balaban J connectivity index is 1.53. The van der Waals surface area contributed by atoms with E-state index in [9.17, 15) is 9.59 Å². The topological polar surface area (TPSA) is 73.5 Å². The summed E-state index contributed by atoms with van der Waals surface area (Å²) in [5.41, 5.74) is 8.38. The Morgan fingerprint density at radius 2 is 1.76 bits per heavy atom. The fourth-order valence-corrected chi connectivity index (χ4v) is 4.64. The monoisotopic (exact) mass is 392 g/mol. The number of para-hydroxylation sites is 1. The predicted molar refractivity (Wildman–Crippen MR) is 115 cm³/mol. The molecule has 4 rings (SSSR count). The molecule has 29 heavy (non-hydrogen) atoms. The van der Waals surface area contributed by atoms with Crippen LogP contribution >= 0.6 is 0 Å². The third kappa shape index (κ3) is 3.54. The molecule has 3 N–H and O–H groups in total. The molecule has 0 bridgehead atoms. The summed E-state index contributed by atoms with van der Waals surface area (Å²) < 4.78 is 0. The minimum atomic E-state index is -0.698. The number of carbonyl (C=O) groups is 2. The molecule has 0 aliphatic carbocycles. The molecule has 6 nitrogen and oxygen atoms in total. The number of hydrazine groups is 1. The van der Waals surface area contributed by atoms with Crippen LogP contribution in [0.2, 0.25) is 0 Å². The molecule has 2 saturated heterocycles. The summed E-state index contributed by atoms with van der Waals surface area (Å²) in [6.07, 6.45) is -0.160. The van der Waals surface area contributed by atoms with Gasteiger partial charge in [0.1, 0.15) is 12.1 Å². The fraction of sp³-hybridized carbons (Fsp3) is 0.391. The van der Waals surface area contributed by atoms with E-state index in [4.69, 9.17) is 0 Å². The van der Waals surface area contributed by atoms with Crippen LogP contribution < -0.4 is 21.1 Å². The first-order valence-corrected chi connectivity index (χ1v) is 10.1. The number of ketones is 1. The van der Waals surface area contributed by atoms with Crippen molar-refractivity contribution in [1.29, 1.82) is 0 Å². The first-order chi connectivity index (χ1) is 13.9. The zero-order chi connectivity index (χ0) is 20.7. The highest BCUT2D eigenvalue weighted by Crippen LogP contribution is 2.32. The molecule has 0 saturated carbocycles. The molecule has 2 aliphatic rings. The number of nitrogens with zero attached hydrogens (tertiary/aromatic N) is 1. The van der Waals surface area contributed by atoms with Gasteiger partial charge in [-0.05, 0) is 51.0 Å². The number of fused-ring (bicyclic) bond motifs is 1. The van der Waals surface area contributed by atoms with E-state index in [0.29, 0.717) is 6.54 Å². The van der Waals surface area contributed by atoms with Crippen LogP contribution in [0.1, 0.15) is 23.6 Å². The summed E-state index contributed by atoms with van der Waals surface area (Å²) in [5.74, 6) is -1.23. The van der Waals surface area contributed by atoms with E-state index < -0.39 is 5.92 Å². The summed E-state index contributed by atoms with van der Waals surface area (Å²) in [6.45, 7) is 8.32. The number of amides is 1. The second kappa shape index (κ2) is 7.61. The van der Waals surface area contributed by atoms with Gasteiger partial charge in [0.15, 0.2) is 5.78 Å². The summed E-state index contributed by atoms with van der Waals surface area (Å²) in [6, 6.07) is 14.0. The maximum atomic E-state index is 13.3. The second-order valence-corrected chi connectivity index (χ2v) is 8.22. The lowest BCUT2D eigenvalue weighted by atomic mass is 9.83. The quantitative estimate of drug-likeness (QED) is 0.701. The fourth-order valence-electron chi connectivity index (χ4n) is 4.64. The van der Waals surface area contributed by atoms with Crippen molar-refractivity contribution in [2.45, 2.75) is 39.9 Å². The van der Waals surface area contributed by atoms with E-state index in [1.165, 1.54) is 0 Å². The average Bonchev–Trinajstić information content (AvgIpc) is 3.03. The highest BCUT2D eigenvalue weighted by molar-refractivity contribution is 6.09. The molecule has 2 fully saturated rings. The van der Waals surface area contributed by atoms with Gasteiger partial charge in [0.05, 0.1) is 11.6 Å². The van der Waals surface area contributed by atoms with E-state index in [2.05, 4.69) is 16.1 Å². The molecule has 2 aromatic carbocycles. The first kappa shape index (κ1) is 19.6.